The number of likely N-dealkylation sites (tertiary alicyclic amines) is 1. The average molecular weight is 338 g/mol. The van der Waals surface area contributed by atoms with Crippen LogP contribution in [0.2, 0.25) is 0 Å². The lowest BCUT2D eigenvalue weighted by molar-refractivity contribution is -0.159. The molecule has 0 N–H and O–H groups in total. The second-order valence-electron chi connectivity index (χ2n) is 6.65. The van der Waals surface area contributed by atoms with Gasteiger partial charge in [0.25, 0.3) is 5.91 Å². The summed E-state index contributed by atoms with van der Waals surface area (Å²) < 4.78 is 5.46. The Hall–Kier alpha value is -2.69. The Labute approximate surface area is 147 Å². The minimum Gasteiger partial charge on any atom is -0.459 e. The lowest BCUT2D eigenvalue weighted by Crippen LogP contribution is -2.49. The average Bonchev–Trinajstić information content (AvgIpc) is 2.67. The van der Waals surface area contributed by atoms with Gasteiger partial charge in [-0.1, -0.05) is 24.3 Å². The van der Waals surface area contributed by atoms with E-state index in [2.05, 4.69) is 4.98 Å². The van der Waals surface area contributed by atoms with Crippen LogP contribution in [0.4, 0.5) is 0 Å². The Bertz CT molecular complexity index is 733. The minimum absolute atomic E-state index is 0.0379. The number of carbonyl (C=O) groups is 2. The Morgan fingerprint density at radius 3 is 2.64 bits per heavy atom. The Kier molecular flexibility index (Phi) is 5.12. The van der Waals surface area contributed by atoms with Gasteiger partial charge in [-0.2, -0.15) is 0 Å². The zero-order chi connectivity index (χ0) is 17.7. The number of rotatable bonds is 4. The van der Waals surface area contributed by atoms with Crippen molar-refractivity contribution in [3.63, 3.8) is 0 Å². The Morgan fingerprint density at radius 1 is 1.16 bits per heavy atom. The molecule has 1 amide bonds. The first-order chi connectivity index (χ1) is 12.1. The highest BCUT2D eigenvalue weighted by atomic mass is 16.5. The number of esters is 1. The zero-order valence-electron chi connectivity index (χ0n) is 14.4. The number of hydrogen-bond acceptors (Lipinski definition) is 4. The maximum absolute atomic E-state index is 12.7. The lowest BCUT2D eigenvalue weighted by atomic mass is 9.81. The van der Waals surface area contributed by atoms with E-state index in [0.29, 0.717) is 30.8 Å². The van der Waals surface area contributed by atoms with Gasteiger partial charge in [-0.05, 0) is 44.0 Å². The van der Waals surface area contributed by atoms with E-state index in [0.717, 1.165) is 6.42 Å². The summed E-state index contributed by atoms with van der Waals surface area (Å²) in [6.45, 7) is 3.07. The van der Waals surface area contributed by atoms with Gasteiger partial charge < -0.3 is 9.64 Å². The van der Waals surface area contributed by atoms with Gasteiger partial charge in [-0.15, -0.1) is 0 Å². The molecule has 5 nitrogen and oxygen atoms in total. The molecule has 2 aromatic rings. The quantitative estimate of drug-likeness (QED) is 0.804. The molecular weight excluding hydrogens is 316 g/mol. The Balaban J connectivity index is 1.64. The van der Waals surface area contributed by atoms with Crippen LogP contribution in [-0.4, -0.2) is 34.8 Å². The number of aromatic nitrogens is 1. The molecule has 1 aromatic carbocycles. The number of piperidine rings is 1. The van der Waals surface area contributed by atoms with E-state index in [1.54, 1.807) is 23.2 Å². The van der Waals surface area contributed by atoms with Gasteiger partial charge in [-0.25, -0.2) is 0 Å². The molecule has 3 rings (SSSR count). The van der Waals surface area contributed by atoms with Gasteiger partial charge in [0.15, 0.2) is 0 Å². The Morgan fingerprint density at radius 2 is 1.92 bits per heavy atom. The van der Waals surface area contributed by atoms with E-state index in [1.165, 1.54) is 0 Å². The van der Waals surface area contributed by atoms with Crippen LogP contribution in [0, 0.1) is 5.41 Å². The van der Waals surface area contributed by atoms with Crippen LogP contribution in [0.5, 0.6) is 0 Å². The highest BCUT2D eigenvalue weighted by molar-refractivity contribution is 5.94. The summed E-state index contributed by atoms with van der Waals surface area (Å²) in [6.07, 6.45) is 3.17. The highest BCUT2D eigenvalue weighted by Crippen LogP contribution is 2.32. The van der Waals surface area contributed by atoms with E-state index in [-0.39, 0.29) is 18.5 Å². The molecule has 2 heterocycles. The van der Waals surface area contributed by atoms with Crippen LogP contribution in [0.25, 0.3) is 0 Å². The fraction of sp³-hybridized carbons (Fsp3) is 0.350. The van der Waals surface area contributed by atoms with Gasteiger partial charge in [0, 0.05) is 24.8 Å². The van der Waals surface area contributed by atoms with Crippen molar-refractivity contribution in [1.29, 1.82) is 0 Å². The van der Waals surface area contributed by atoms with E-state index in [4.69, 9.17) is 4.74 Å². The second-order valence-corrected chi connectivity index (χ2v) is 6.65. The molecule has 1 saturated heterocycles. The number of benzene rings is 1. The second kappa shape index (κ2) is 7.47. The minimum atomic E-state index is -0.683. The van der Waals surface area contributed by atoms with Crippen LogP contribution >= 0.6 is 0 Å². The fourth-order valence-corrected chi connectivity index (χ4v) is 3.14. The topological polar surface area (TPSA) is 59.5 Å². The summed E-state index contributed by atoms with van der Waals surface area (Å²) in [4.78, 5) is 31.2. The predicted molar refractivity (Wildman–Crippen MR) is 93.7 cm³/mol. The van der Waals surface area contributed by atoms with Crippen molar-refractivity contribution in [3.8, 4) is 0 Å². The molecule has 5 heteroatoms. The SMILES string of the molecule is CC1(C(=O)OCc2ccccn2)CCCN(C(=O)c2ccccc2)C1. The first-order valence-corrected chi connectivity index (χ1v) is 8.50. The van der Waals surface area contributed by atoms with Gasteiger partial charge in [0.2, 0.25) is 0 Å². The molecule has 1 fully saturated rings. The first-order valence-electron chi connectivity index (χ1n) is 8.50. The van der Waals surface area contributed by atoms with E-state index in [9.17, 15) is 9.59 Å². The van der Waals surface area contributed by atoms with Crippen molar-refractivity contribution in [3.05, 3.63) is 66.0 Å². The molecule has 1 aliphatic heterocycles. The molecule has 0 bridgehead atoms. The van der Waals surface area contributed by atoms with Crippen molar-refractivity contribution in [2.75, 3.05) is 13.1 Å². The zero-order valence-corrected chi connectivity index (χ0v) is 14.4. The van der Waals surface area contributed by atoms with Gasteiger partial charge in [-0.3, -0.25) is 14.6 Å². The van der Waals surface area contributed by atoms with Crippen LogP contribution in [-0.2, 0) is 16.1 Å². The van der Waals surface area contributed by atoms with Crippen molar-refractivity contribution < 1.29 is 14.3 Å². The number of ether oxygens (including phenoxy) is 1. The number of amides is 1. The summed E-state index contributed by atoms with van der Waals surface area (Å²) in [5, 5.41) is 0. The monoisotopic (exact) mass is 338 g/mol. The third kappa shape index (κ3) is 4.05. The largest absolute Gasteiger partial charge is 0.459 e. The number of carbonyl (C=O) groups excluding carboxylic acids is 2. The summed E-state index contributed by atoms with van der Waals surface area (Å²) in [5.74, 6) is -0.312. The third-order valence-electron chi connectivity index (χ3n) is 4.57. The summed E-state index contributed by atoms with van der Waals surface area (Å²) in [6, 6.07) is 14.7. The molecule has 130 valence electrons. The van der Waals surface area contributed by atoms with Crippen LogP contribution in [0.15, 0.2) is 54.7 Å². The van der Waals surface area contributed by atoms with E-state index >= 15 is 0 Å². The normalized spacial score (nSPS) is 20.1. The smallest absolute Gasteiger partial charge is 0.313 e. The van der Waals surface area contributed by atoms with Crippen molar-refractivity contribution in [2.24, 2.45) is 5.41 Å². The van der Waals surface area contributed by atoms with Crippen molar-refractivity contribution >= 4 is 11.9 Å². The van der Waals surface area contributed by atoms with Crippen molar-refractivity contribution in [1.82, 2.24) is 9.88 Å². The first kappa shape index (κ1) is 17.1. The predicted octanol–water partition coefficient (Wildman–Crippen LogP) is 3.07. The van der Waals surface area contributed by atoms with Gasteiger partial charge in [0.05, 0.1) is 11.1 Å². The standard InChI is InChI=1S/C20H22N2O3/c1-20(19(24)25-14-17-10-5-6-12-21-17)11-7-13-22(15-20)18(23)16-8-3-2-4-9-16/h2-6,8-10,12H,7,11,13-15H2,1H3. The van der Waals surface area contributed by atoms with Gasteiger partial charge >= 0.3 is 5.97 Å². The van der Waals surface area contributed by atoms with Crippen LogP contribution in [0.3, 0.4) is 0 Å². The molecule has 1 unspecified atom stereocenters. The maximum atomic E-state index is 12.7. The number of pyridine rings is 1. The van der Waals surface area contributed by atoms with Crippen LogP contribution in [0.1, 0.15) is 35.8 Å². The molecule has 0 spiro atoms. The molecule has 0 aliphatic carbocycles. The lowest BCUT2D eigenvalue weighted by Gasteiger charge is -2.38. The maximum Gasteiger partial charge on any atom is 0.313 e. The molecule has 1 aromatic heterocycles. The molecule has 25 heavy (non-hydrogen) atoms. The number of nitrogens with zero attached hydrogens (tertiary/aromatic N) is 2. The summed E-state index contributed by atoms with van der Waals surface area (Å²) in [5.41, 5.74) is 0.679. The van der Waals surface area contributed by atoms with Gasteiger partial charge in [0.1, 0.15) is 6.61 Å². The molecule has 0 saturated carbocycles. The van der Waals surface area contributed by atoms with Crippen molar-refractivity contribution in [2.45, 2.75) is 26.4 Å². The molecular formula is C20H22N2O3. The number of hydrogen-bond donors (Lipinski definition) is 0. The van der Waals surface area contributed by atoms with E-state index < -0.39 is 5.41 Å². The summed E-state index contributed by atoms with van der Waals surface area (Å²) >= 11 is 0. The fourth-order valence-electron chi connectivity index (χ4n) is 3.14. The molecule has 0 radical (unpaired) electrons. The van der Waals surface area contributed by atoms with Crippen LogP contribution < -0.4 is 0 Å². The molecule has 1 aliphatic rings. The highest BCUT2D eigenvalue weighted by Gasteiger charge is 2.40. The molecule has 1 atom stereocenters. The third-order valence-corrected chi connectivity index (χ3v) is 4.57. The summed E-state index contributed by atoms with van der Waals surface area (Å²) in [7, 11) is 0. The van der Waals surface area contributed by atoms with E-state index in [1.807, 2.05) is 43.3 Å².